The summed E-state index contributed by atoms with van der Waals surface area (Å²) >= 11 is 0. The molecule has 0 aliphatic carbocycles. The van der Waals surface area contributed by atoms with Gasteiger partial charge in [0.25, 0.3) is 0 Å². The Morgan fingerprint density at radius 3 is 2.36 bits per heavy atom. The molecule has 1 rings (SSSR count). The van der Waals surface area contributed by atoms with Gasteiger partial charge in [0.1, 0.15) is 0 Å². The van der Waals surface area contributed by atoms with Gasteiger partial charge in [0.05, 0.1) is 5.60 Å². The zero-order valence-electron chi connectivity index (χ0n) is 9.12. The zero-order chi connectivity index (χ0) is 10.6. The molecule has 1 N–H and O–H groups in total. The van der Waals surface area contributed by atoms with Crippen LogP contribution in [0.1, 0.15) is 32.8 Å². The van der Waals surface area contributed by atoms with E-state index in [4.69, 9.17) is 0 Å². The van der Waals surface area contributed by atoms with Crippen LogP contribution < -0.4 is 0 Å². The molecule has 0 amide bonds. The highest BCUT2D eigenvalue weighted by Crippen LogP contribution is 2.17. The third-order valence-electron chi connectivity index (χ3n) is 1.92. The molecule has 76 valence electrons. The Morgan fingerprint density at radius 1 is 1.29 bits per heavy atom. The Bertz CT molecular complexity index is 304. The van der Waals surface area contributed by atoms with E-state index in [1.54, 1.807) is 0 Å². The summed E-state index contributed by atoms with van der Waals surface area (Å²) in [6.07, 6.45) is 2.82. The van der Waals surface area contributed by atoms with Gasteiger partial charge in [-0.1, -0.05) is 42.0 Å². The van der Waals surface area contributed by atoms with Crippen LogP contribution in [0, 0.1) is 0 Å². The predicted molar refractivity (Wildman–Crippen MR) is 61.0 cm³/mol. The van der Waals surface area contributed by atoms with Gasteiger partial charge in [-0.25, -0.2) is 0 Å². The van der Waals surface area contributed by atoms with Gasteiger partial charge in [0.15, 0.2) is 0 Å². The fraction of sp³-hybridized carbons (Fsp3) is 0.385. The van der Waals surface area contributed by atoms with Gasteiger partial charge in [-0.3, -0.25) is 0 Å². The standard InChI is InChI=1S/C13H18O/c1-11(10-13(2,3)14)9-12-7-5-4-6-8-12/h4-9,14H,10H2,1-3H3/b11-9+. The minimum Gasteiger partial charge on any atom is -0.390 e. The largest absolute Gasteiger partial charge is 0.390 e. The summed E-state index contributed by atoms with van der Waals surface area (Å²) in [7, 11) is 0. The summed E-state index contributed by atoms with van der Waals surface area (Å²) in [5.41, 5.74) is 1.77. The van der Waals surface area contributed by atoms with E-state index in [1.165, 1.54) is 11.1 Å². The molecule has 0 heterocycles. The molecule has 0 saturated carbocycles. The molecule has 1 heteroatoms. The van der Waals surface area contributed by atoms with Crippen molar-refractivity contribution in [1.82, 2.24) is 0 Å². The monoisotopic (exact) mass is 190 g/mol. The Kier molecular flexibility index (Phi) is 3.48. The molecule has 1 aromatic rings. The molecule has 0 bridgehead atoms. The van der Waals surface area contributed by atoms with E-state index in [0.29, 0.717) is 6.42 Å². The van der Waals surface area contributed by atoms with Crippen molar-refractivity contribution < 1.29 is 5.11 Å². The van der Waals surface area contributed by atoms with Crippen LogP contribution >= 0.6 is 0 Å². The molecule has 14 heavy (non-hydrogen) atoms. The van der Waals surface area contributed by atoms with Crippen molar-refractivity contribution in [1.29, 1.82) is 0 Å². The molecule has 0 saturated heterocycles. The van der Waals surface area contributed by atoms with Gasteiger partial charge in [0.2, 0.25) is 0 Å². The summed E-state index contributed by atoms with van der Waals surface area (Å²) in [5.74, 6) is 0. The van der Waals surface area contributed by atoms with Crippen LogP contribution in [0.25, 0.3) is 6.08 Å². The molecule has 0 atom stereocenters. The van der Waals surface area contributed by atoms with Gasteiger partial charge in [0, 0.05) is 0 Å². The number of hydrogen-bond acceptors (Lipinski definition) is 1. The summed E-state index contributed by atoms with van der Waals surface area (Å²) in [6, 6.07) is 10.2. The zero-order valence-corrected chi connectivity index (χ0v) is 9.12. The quantitative estimate of drug-likeness (QED) is 0.775. The van der Waals surface area contributed by atoms with Crippen LogP contribution in [0.5, 0.6) is 0 Å². The van der Waals surface area contributed by atoms with E-state index in [-0.39, 0.29) is 0 Å². The molecule has 0 spiro atoms. The number of rotatable bonds is 3. The lowest BCUT2D eigenvalue weighted by atomic mass is 9.98. The molecule has 0 fully saturated rings. The topological polar surface area (TPSA) is 20.2 Å². The lowest BCUT2D eigenvalue weighted by molar-refractivity contribution is 0.0813. The van der Waals surface area contributed by atoms with E-state index >= 15 is 0 Å². The maximum atomic E-state index is 9.63. The normalized spacial score (nSPS) is 13.0. The van der Waals surface area contributed by atoms with Gasteiger partial charge in [-0.2, -0.15) is 0 Å². The predicted octanol–water partition coefficient (Wildman–Crippen LogP) is 3.25. The first kappa shape index (κ1) is 11.0. The third kappa shape index (κ3) is 4.24. The Balaban J connectivity index is 2.70. The van der Waals surface area contributed by atoms with Crippen LogP contribution in [0.15, 0.2) is 35.9 Å². The maximum Gasteiger partial charge on any atom is 0.0628 e. The highest BCUT2D eigenvalue weighted by molar-refractivity contribution is 5.52. The number of aliphatic hydroxyl groups is 1. The second-order valence-electron chi connectivity index (χ2n) is 4.39. The lowest BCUT2D eigenvalue weighted by Gasteiger charge is -2.17. The first-order valence-corrected chi connectivity index (χ1v) is 4.92. The molecular weight excluding hydrogens is 172 g/mol. The van der Waals surface area contributed by atoms with Crippen LogP contribution in [0.3, 0.4) is 0 Å². The van der Waals surface area contributed by atoms with Crippen molar-refractivity contribution in [3.63, 3.8) is 0 Å². The highest BCUT2D eigenvalue weighted by Gasteiger charge is 2.12. The fourth-order valence-electron chi connectivity index (χ4n) is 1.57. The first-order valence-electron chi connectivity index (χ1n) is 4.92. The SMILES string of the molecule is C/C(=C\c1ccccc1)CC(C)(C)O. The average molecular weight is 190 g/mol. The second-order valence-corrected chi connectivity index (χ2v) is 4.39. The van der Waals surface area contributed by atoms with E-state index in [9.17, 15) is 5.11 Å². The highest BCUT2D eigenvalue weighted by atomic mass is 16.3. The molecule has 1 nitrogen and oxygen atoms in total. The molecule has 0 aliphatic rings. The van der Waals surface area contributed by atoms with E-state index < -0.39 is 5.60 Å². The molecule has 0 aliphatic heterocycles. The summed E-state index contributed by atoms with van der Waals surface area (Å²) in [6.45, 7) is 5.70. The smallest absolute Gasteiger partial charge is 0.0628 e. The Labute approximate surface area is 86.1 Å². The van der Waals surface area contributed by atoms with Gasteiger partial charge >= 0.3 is 0 Å². The minimum atomic E-state index is -0.616. The van der Waals surface area contributed by atoms with E-state index in [2.05, 4.69) is 18.2 Å². The molecular formula is C13H18O. The number of benzene rings is 1. The molecule has 1 aromatic carbocycles. The van der Waals surface area contributed by atoms with Crippen molar-refractivity contribution >= 4 is 6.08 Å². The van der Waals surface area contributed by atoms with Crippen molar-refractivity contribution in [2.45, 2.75) is 32.8 Å². The Hall–Kier alpha value is -1.08. The fourth-order valence-corrected chi connectivity index (χ4v) is 1.57. The summed E-state index contributed by atoms with van der Waals surface area (Å²) < 4.78 is 0. The molecule has 0 unspecified atom stereocenters. The van der Waals surface area contributed by atoms with Crippen molar-refractivity contribution in [2.75, 3.05) is 0 Å². The second kappa shape index (κ2) is 4.43. The molecule has 0 aromatic heterocycles. The summed E-state index contributed by atoms with van der Waals surface area (Å²) in [5, 5.41) is 9.63. The van der Waals surface area contributed by atoms with Gasteiger partial charge in [-0.15, -0.1) is 0 Å². The van der Waals surface area contributed by atoms with Gasteiger partial charge in [-0.05, 0) is 32.8 Å². The van der Waals surface area contributed by atoms with Crippen LogP contribution in [-0.4, -0.2) is 10.7 Å². The average Bonchev–Trinajstić information content (AvgIpc) is 2.02. The van der Waals surface area contributed by atoms with Crippen molar-refractivity contribution in [3.8, 4) is 0 Å². The van der Waals surface area contributed by atoms with Crippen LogP contribution in [0.2, 0.25) is 0 Å². The van der Waals surface area contributed by atoms with E-state index in [1.807, 2.05) is 39.0 Å². The Morgan fingerprint density at radius 2 is 1.86 bits per heavy atom. The third-order valence-corrected chi connectivity index (χ3v) is 1.92. The van der Waals surface area contributed by atoms with Crippen LogP contribution in [-0.2, 0) is 0 Å². The van der Waals surface area contributed by atoms with Gasteiger partial charge < -0.3 is 5.11 Å². The van der Waals surface area contributed by atoms with Crippen molar-refractivity contribution in [3.05, 3.63) is 41.5 Å². The molecule has 0 radical (unpaired) electrons. The van der Waals surface area contributed by atoms with Crippen LogP contribution in [0.4, 0.5) is 0 Å². The minimum absolute atomic E-state index is 0.616. The maximum absolute atomic E-state index is 9.63. The number of hydrogen-bond donors (Lipinski definition) is 1. The van der Waals surface area contributed by atoms with Crippen molar-refractivity contribution in [2.24, 2.45) is 0 Å². The lowest BCUT2D eigenvalue weighted by Crippen LogP contribution is -2.18. The van der Waals surface area contributed by atoms with E-state index in [0.717, 1.165) is 0 Å². The summed E-state index contributed by atoms with van der Waals surface area (Å²) in [4.78, 5) is 0. The first-order chi connectivity index (χ1) is 6.47.